The molecular weight excluding hydrogens is 279 g/mol. The lowest BCUT2D eigenvalue weighted by molar-refractivity contribution is 0.240. The summed E-state index contributed by atoms with van der Waals surface area (Å²) in [7, 11) is -0.614. The Kier molecular flexibility index (Phi) is 18.7. The van der Waals surface area contributed by atoms with Crippen LogP contribution in [0.1, 0.15) is 97.8 Å². The van der Waals surface area contributed by atoms with E-state index < -0.39 is 8.38 Å². The lowest BCUT2D eigenvalue weighted by Crippen LogP contribution is -1.97. The van der Waals surface area contributed by atoms with Gasteiger partial charge >= 0.3 is 0 Å². The van der Waals surface area contributed by atoms with Crippen LogP contribution in [0.4, 0.5) is 0 Å². The summed E-state index contributed by atoms with van der Waals surface area (Å²) in [6.45, 7) is 8.48. The van der Waals surface area contributed by atoms with E-state index in [4.69, 9.17) is 9.05 Å². The Morgan fingerprint density at radius 3 is 1.29 bits per heavy atom. The van der Waals surface area contributed by atoms with Crippen LogP contribution in [-0.4, -0.2) is 19.4 Å². The van der Waals surface area contributed by atoms with Gasteiger partial charge in [0, 0.05) is 6.16 Å². The van der Waals surface area contributed by atoms with Crippen molar-refractivity contribution >= 4 is 8.38 Å². The van der Waals surface area contributed by atoms with Gasteiger partial charge < -0.3 is 9.05 Å². The van der Waals surface area contributed by atoms with E-state index in [1.54, 1.807) is 0 Å². The largest absolute Gasteiger partial charge is 0.334 e. The van der Waals surface area contributed by atoms with E-state index in [-0.39, 0.29) is 0 Å². The first-order valence-electron chi connectivity index (χ1n) is 9.38. The number of hydrogen-bond acceptors (Lipinski definition) is 2. The summed E-state index contributed by atoms with van der Waals surface area (Å²) in [5.41, 5.74) is 0. The highest BCUT2D eigenvalue weighted by Crippen LogP contribution is 2.38. The van der Waals surface area contributed by atoms with E-state index in [0.29, 0.717) is 0 Å². The van der Waals surface area contributed by atoms with Crippen molar-refractivity contribution in [1.29, 1.82) is 0 Å². The molecule has 0 N–H and O–H groups in total. The van der Waals surface area contributed by atoms with Crippen LogP contribution in [0.5, 0.6) is 0 Å². The van der Waals surface area contributed by atoms with E-state index in [9.17, 15) is 0 Å². The molecule has 3 heteroatoms. The fourth-order valence-electron chi connectivity index (χ4n) is 2.32. The lowest BCUT2D eigenvalue weighted by Gasteiger charge is -2.15. The molecule has 0 saturated heterocycles. The van der Waals surface area contributed by atoms with Crippen molar-refractivity contribution in [1.82, 2.24) is 0 Å². The smallest absolute Gasteiger partial charge is 0.170 e. The summed E-state index contributed by atoms with van der Waals surface area (Å²) < 4.78 is 11.8. The average Bonchev–Trinajstić information content (AvgIpc) is 2.51. The summed E-state index contributed by atoms with van der Waals surface area (Å²) >= 11 is 0. The molecule has 0 radical (unpaired) electrons. The predicted molar refractivity (Wildman–Crippen MR) is 96.1 cm³/mol. The molecule has 0 unspecified atom stereocenters. The quantitative estimate of drug-likeness (QED) is 0.211. The molecule has 0 aromatic rings. The average molecular weight is 318 g/mol. The lowest BCUT2D eigenvalue weighted by atomic mass is 10.1. The van der Waals surface area contributed by atoms with Crippen LogP contribution >= 0.6 is 8.38 Å². The van der Waals surface area contributed by atoms with Gasteiger partial charge in [-0.15, -0.1) is 0 Å². The highest BCUT2D eigenvalue weighted by molar-refractivity contribution is 7.47. The maximum absolute atomic E-state index is 5.89. The third-order valence-corrected chi connectivity index (χ3v) is 5.18. The van der Waals surface area contributed by atoms with Crippen LogP contribution in [0.3, 0.4) is 0 Å². The van der Waals surface area contributed by atoms with Gasteiger partial charge in [0.25, 0.3) is 0 Å². The third-order valence-electron chi connectivity index (χ3n) is 3.72. The number of rotatable bonds is 17. The Morgan fingerprint density at radius 2 is 0.905 bits per heavy atom. The highest BCUT2D eigenvalue weighted by atomic mass is 31.2. The Bertz CT molecular complexity index is 170. The summed E-state index contributed by atoms with van der Waals surface area (Å²) in [5, 5.41) is 0. The topological polar surface area (TPSA) is 18.5 Å². The van der Waals surface area contributed by atoms with Crippen molar-refractivity contribution in [2.45, 2.75) is 97.8 Å². The van der Waals surface area contributed by atoms with E-state index in [1.165, 1.54) is 77.0 Å². The predicted octanol–water partition coefficient (Wildman–Crippen LogP) is 7.07. The van der Waals surface area contributed by atoms with Crippen molar-refractivity contribution in [3.05, 3.63) is 0 Å². The SMILES string of the molecule is CCCCCCCCOP(CC)OCCCCCCCC. The molecule has 0 saturated carbocycles. The van der Waals surface area contributed by atoms with Crippen molar-refractivity contribution in [3.8, 4) is 0 Å². The molecule has 0 bridgehead atoms. The second-order valence-corrected chi connectivity index (χ2v) is 7.67. The van der Waals surface area contributed by atoms with E-state index in [2.05, 4.69) is 20.8 Å². The van der Waals surface area contributed by atoms with Gasteiger partial charge in [0.1, 0.15) is 0 Å². The normalized spacial score (nSPS) is 11.4. The van der Waals surface area contributed by atoms with Crippen molar-refractivity contribution in [3.63, 3.8) is 0 Å². The van der Waals surface area contributed by atoms with Gasteiger partial charge in [0.15, 0.2) is 8.38 Å². The van der Waals surface area contributed by atoms with E-state index >= 15 is 0 Å². The molecule has 0 aliphatic rings. The summed E-state index contributed by atoms with van der Waals surface area (Å²) in [6, 6.07) is 0. The fourth-order valence-corrected chi connectivity index (χ4v) is 3.42. The molecule has 128 valence electrons. The molecule has 0 aromatic carbocycles. The summed E-state index contributed by atoms with van der Waals surface area (Å²) in [4.78, 5) is 0. The third kappa shape index (κ3) is 16.5. The van der Waals surface area contributed by atoms with E-state index in [1.807, 2.05) is 0 Å². The van der Waals surface area contributed by atoms with Gasteiger partial charge in [-0.1, -0.05) is 85.0 Å². The molecule has 0 aromatic heterocycles. The molecule has 0 rings (SSSR count). The first-order valence-corrected chi connectivity index (χ1v) is 10.7. The molecule has 0 atom stereocenters. The minimum Gasteiger partial charge on any atom is -0.334 e. The highest BCUT2D eigenvalue weighted by Gasteiger charge is 2.06. The summed E-state index contributed by atoms with van der Waals surface area (Å²) in [6.07, 6.45) is 16.9. The van der Waals surface area contributed by atoms with Crippen LogP contribution in [0.2, 0.25) is 0 Å². The molecular formula is C18H39O2P. The molecule has 0 amide bonds. The monoisotopic (exact) mass is 318 g/mol. The Labute approximate surface area is 135 Å². The van der Waals surface area contributed by atoms with Gasteiger partial charge in [-0.3, -0.25) is 0 Å². The maximum atomic E-state index is 5.89. The van der Waals surface area contributed by atoms with Crippen LogP contribution in [0.25, 0.3) is 0 Å². The Balaban J connectivity index is 3.29. The van der Waals surface area contributed by atoms with Crippen LogP contribution < -0.4 is 0 Å². The van der Waals surface area contributed by atoms with Gasteiger partial charge in [-0.05, 0) is 12.8 Å². The first kappa shape index (κ1) is 21.4. The van der Waals surface area contributed by atoms with Gasteiger partial charge in [-0.25, -0.2) is 0 Å². The summed E-state index contributed by atoms with van der Waals surface area (Å²) in [5.74, 6) is 0. The molecule has 0 aliphatic carbocycles. The number of hydrogen-bond donors (Lipinski definition) is 0. The van der Waals surface area contributed by atoms with Crippen LogP contribution in [-0.2, 0) is 9.05 Å². The molecule has 0 spiro atoms. The molecule has 0 heterocycles. The second-order valence-electron chi connectivity index (χ2n) is 5.85. The molecule has 0 aliphatic heterocycles. The Morgan fingerprint density at radius 1 is 0.524 bits per heavy atom. The zero-order valence-corrected chi connectivity index (χ0v) is 15.8. The van der Waals surface area contributed by atoms with Crippen LogP contribution in [0.15, 0.2) is 0 Å². The molecule has 2 nitrogen and oxygen atoms in total. The van der Waals surface area contributed by atoms with Gasteiger partial charge in [0.05, 0.1) is 13.2 Å². The molecule has 0 fully saturated rings. The van der Waals surface area contributed by atoms with Gasteiger partial charge in [0.2, 0.25) is 0 Å². The maximum Gasteiger partial charge on any atom is 0.170 e. The zero-order valence-electron chi connectivity index (χ0n) is 14.9. The fraction of sp³-hybridized carbons (Fsp3) is 1.00. The Hall–Kier alpha value is 0.350. The second kappa shape index (κ2) is 18.4. The standard InChI is InChI=1S/C18H39O2P/c1-4-7-9-11-13-15-17-19-21(6-3)20-18-16-14-12-10-8-5-2/h4-18H2,1-3H3. The van der Waals surface area contributed by atoms with Crippen molar-refractivity contribution < 1.29 is 9.05 Å². The van der Waals surface area contributed by atoms with E-state index in [0.717, 1.165) is 19.4 Å². The molecule has 21 heavy (non-hydrogen) atoms. The van der Waals surface area contributed by atoms with Crippen molar-refractivity contribution in [2.75, 3.05) is 19.4 Å². The minimum atomic E-state index is -0.614. The van der Waals surface area contributed by atoms with Gasteiger partial charge in [-0.2, -0.15) is 0 Å². The first-order chi connectivity index (χ1) is 10.3. The van der Waals surface area contributed by atoms with Crippen LogP contribution in [0, 0.1) is 0 Å². The van der Waals surface area contributed by atoms with Crippen molar-refractivity contribution in [2.24, 2.45) is 0 Å². The number of unbranched alkanes of at least 4 members (excludes halogenated alkanes) is 10. The zero-order chi connectivity index (χ0) is 15.6. The minimum absolute atomic E-state index is 0.614.